The van der Waals surface area contributed by atoms with Crippen LogP contribution < -0.4 is 5.73 Å². The molecule has 0 aliphatic rings. The molecule has 0 radical (unpaired) electrons. The molecule has 2 rings (SSSR count). The lowest BCUT2D eigenvalue weighted by atomic mass is 10.1. The van der Waals surface area contributed by atoms with E-state index in [0.717, 1.165) is 35.7 Å². The lowest BCUT2D eigenvalue weighted by molar-refractivity contribution is 0.111. The highest BCUT2D eigenvalue weighted by Crippen LogP contribution is 2.22. The molecule has 2 N–H and O–H groups in total. The lowest BCUT2D eigenvalue weighted by Gasteiger charge is -2.10. The van der Waals surface area contributed by atoms with Crippen LogP contribution in [-0.2, 0) is 4.74 Å². The first-order valence-corrected chi connectivity index (χ1v) is 6.98. The van der Waals surface area contributed by atoms with Gasteiger partial charge in [0, 0.05) is 12.0 Å². The Labute approximate surface area is 114 Å². The van der Waals surface area contributed by atoms with Gasteiger partial charge in [0.25, 0.3) is 0 Å². The van der Waals surface area contributed by atoms with E-state index < -0.39 is 0 Å². The molecule has 1 aromatic carbocycles. The zero-order valence-electron chi connectivity index (χ0n) is 11.8. The molecule has 3 nitrogen and oxygen atoms in total. The Bertz CT molecular complexity index is 471. The molecule has 2 aromatic rings. The van der Waals surface area contributed by atoms with Gasteiger partial charge >= 0.3 is 0 Å². The van der Waals surface area contributed by atoms with Gasteiger partial charge in [0.2, 0.25) is 0 Å². The maximum Gasteiger partial charge on any atom is 0.134 e. The van der Waals surface area contributed by atoms with Gasteiger partial charge in [0.15, 0.2) is 0 Å². The molecule has 0 aliphatic carbocycles. The highest BCUT2D eigenvalue weighted by molar-refractivity contribution is 5.77. The van der Waals surface area contributed by atoms with E-state index in [1.165, 1.54) is 6.42 Å². The summed E-state index contributed by atoms with van der Waals surface area (Å²) in [6.45, 7) is 5.73. The fourth-order valence-corrected chi connectivity index (χ4v) is 2.07. The van der Waals surface area contributed by atoms with E-state index >= 15 is 0 Å². The van der Waals surface area contributed by atoms with Crippen molar-refractivity contribution in [3.8, 4) is 0 Å². The summed E-state index contributed by atoms with van der Waals surface area (Å²) in [5.74, 6) is 1.53. The number of para-hydroxylation sites is 1. The summed E-state index contributed by atoms with van der Waals surface area (Å²) >= 11 is 0. The number of ether oxygens (including phenoxy) is 1. The Hall–Kier alpha value is -1.32. The quantitative estimate of drug-likeness (QED) is 0.769. The first-order valence-electron chi connectivity index (χ1n) is 6.98. The second kappa shape index (κ2) is 6.73. The van der Waals surface area contributed by atoms with E-state index in [1.807, 2.05) is 30.3 Å². The molecule has 0 fully saturated rings. The van der Waals surface area contributed by atoms with E-state index in [1.54, 1.807) is 0 Å². The van der Waals surface area contributed by atoms with Gasteiger partial charge in [-0.05, 0) is 30.9 Å². The first-order chi connectivity index (χ1) is 9.16. The van der Waals surface area contributed by atoms with Crippen molar-refractivity contribution in [2.24, 2.45) is 11.7 Å². The molecule has 1 aromatic heterocycles. The van der Waals surface area contributed by atoms with Crippen LogP contribution in [0.3, 0.4) is 0 Å². The van der Waals surface area contributed by atoms with Crippen LogP contribution >= 0.6 is 0 Å². The van der Waals surface area contributed by atoms with Crippen LogP contribution in [-0.4, -0.2) is 13.2 Å². The van der Waals surface area contributed by atoms with E-state index in [9.17, 15) is 0 Å². The summed E-state index contributed by atoms with van der Waals surface area (Å²) in [7, 11) is 0. The van der Waals surface area contributed by atoms with Gasteiger partial charge < -0.3 is 14.9 Å². The van der Waals surface area contributed by atoms with Crippen LogP contribution in [0.5, 0.6) is 0 Å². The van der Waals surface area contributed by atoms with Crippen molar-refractivity contribution in [3.05, 3.63) is 36.1 Å². The minimum absolute atomic E-state index is 0.188. The molecule has 0 bridgehead atoms. The summed E-state index contributed by atoms with van der Waals surface area (Å²) in [6, 6.07) is 9.75. The van der Waals surface area contributed by atoms with Gasteiger partial charge in [-0.15, -0.1) is 0 Å². The average molecular weight is 261 g/mol. The first kappa shape index (κ1) is 14.1. The number of fused-ring (bicyclic) bond motifs is 1. The molecule has 0 amide bonds. The highest BCUT2D eigenvalue weighted by Gasteiger charge is 2.11. The standard InChI is InChI=1S/C16H23NO2/c1-12(2)6-5-9-18-11-14(17)16-10-13-7-3-4-8-15(13)19-16/h3-4,7-8,10,12,14H,5-6,9,11,17H2,1-2H3. The van der Waals surface area contributed by atoms with Crippen LogP contribution in [0, 0.1) is 5.92 Å². The maximum atomic E-state index is 6.08. The third-order valence-corrected chi connectivity index (χ3v) is 3.18. The van der Waals surface area contributed by atoms with Crippen molar-refractivity contribution in [3.63, 3.8) is 0 Å². The Kier molecular flexibility index (Phi) is 5.00. The molecule has 0 aliphatic heterocycles. The Morgan fingerprint density at radius 3 is 2.79 bits per heavy atom. The molecule has 19 heavy (non-hydrogen) atoms. The number of nitrogens with two attached hydrogens (primary N) is 1. The van der Waals surface area contributed by atoms with Gasteiger partial charge in [-0.3, -0.25) is 0 Å². The number of hydrogen-bond donors (Lipinski definition) is 1. The molecule has 1 heterocycles. The maximum absolute atomic E-state index is 6.08. The van der Waals surface area contributed by atoms with Crippen molar-refractivity contribution in [2.45, 2.75) is 32.7 Å². The van der Waals surface area contributed by atoms with Gasteiger partial charge in [0.1, 0.15) is 11.3 Å². The second-order valence-electron chi connectivity index (χ2n) is 5.40. The minimum Gasteiger partial charge on any atom is -0.459 e. The normalized spacial score (nSPS) is 13.3. The molecule has 0 saturated carbocycles. The number of hydrogen-bond acceptors (Lipinski definition) is 3. The molecular formula is C16H23NO2. The predicted molar refractivity (Wildman–Crippen MR) is 78.0 cm³/mol. The van der Waals surface area contributed by atoms with Gasteiger partial charge in [-0.25, -0.2) is 0 Å². The van der Waals surface area contributed by atoms with Crippen LogP contribution in [0.15, 0.2) is 34.7 Å². The smallest absolute Gasteiger partial charge is 0.134 e. The number of rotatable bonds is 7. The van der Waals surface area contributed by atoms with E-state index in [0.29, 0.717) is 6.61 Å². The molecule has 1 unspecified atom stereocenters. The van der Waals surface area contributed by atoms with Crippen LogP contribution in [0.1, 0.15) is 38.5 Å². The molecule has 104 valence electrons. The third kappa shape index (κ3) is 4.08. The summed E-state index contributed by atoms with van der Waals surface area (Å²) in [4.78, 5) is 0. The largest absolute Gasteiger partial charge is 0.459 e. The fraction of sp³-hybridized carbons (Fsp3) is 0.500. The summed E-state index contributed by atoms with van der Waals surface area (Å²) < 4.78 is 11.3. The predicted octanol–water partition coefficient (Wildman–Crippen LogP) is 3.89. The molecule has 0 spiro atoms. The summed E-state index contributed by atoms with van der Waals surface area (Å²) in [6.07, 6.45) is 2.28. The van der Waals surface area contributed by atoms with Crippen molar-refractivity contribution >= 4 is 11.0 Å². The van der Waals surface area contributed by atoms with Crippen molar-refractivity contribution < 1.29 is 9.15 Å². The Balaban J connectivity index is 1.81. The van der Waals surface area contributed by atoms with E-state index in [2.05, 4.69) is 13.8 Å². The number of benzene rings is 1. The zero-order chi connectivity index (χ0) is 13.7. The molecular weight excluding hydrogens is 238 g/mol. The Morgan fingerprint density at radius 1 is 1.26 bits per heavy atom. The fourth-order valence-electron chi connectivity index (χ4n) is 2.07. The topological polar surface area (TPSA) is 48.4 Å². The van der Waals surface area contributed by atoms with Gasteiger partial charge in [-0.1, -0.05) is 32.0 Å². The van der Waals surface area contributed by atoms with Gasteiger partial charge in [0.05, 0.1) is 12.6 Å². The number of furan rings is 1. The van der Waals surface area contributed by atoms with Crippen molar-refractivity contribution in [1.29, 1.82) is 0 Å². The van der Waals surface area contributed by atoms with Crippen LogP contribution in [0.25, 0.3) is 11.0 Å². The average Bonchev–Trinajstić information content (AvgIpc) is 2.81. The molecule has 3 heteroatoms. The van der Waals surface area contributed by atoms with Crippen LogP contribution in [0.2, 0.25) is 0 Å². The summed E-state index contributed by atoms with van der Waals surface area (Å²) in [5.41, 5.74) is 6.96. The van der Waals surface area contributed by atoms with Crippen molar-refractivity contribution in [2.75, 3.05) is 13.2 Å². The van der Waals surface area contributed by atoms with Crippen molar-refractivity contribution in [1.82, 2.24) is 0 Å². The minimum atomic E-state index is -0.188. The SMILES string of the molecule is CC(C)CCCOCC(N)c1cc2ccccc2o1. The molecule has 0 saturated heterocycles. The zero-order valence-corrected chi connectivity index (χ0v) is 11.8. The van der Waals surface area contributed by atoms with Gasteiger partial charge in [-0.2, -0.15) is 0 Å². The lowest BCUT2D eigenvalue weighted by Crippen LogP contribution is -2.17. The highest BCUT2D eigenvalue weighted by atomic mass is 16.5. The van der Waals surface area contributed by atoms with E-state index in [4.69, 9.17) is 14.9 Å². The Morgan fingerprint density at radius 2 is 2.05 bits per heavy atom. The van der Waals surface area contributed by atoms with E-state index in [-0.39, 0.29) is 6.04 Å². The monoisotopic (exact) mass is 261 g/mol. The van der Waals surface area contributed by atoms with Crippen LogP contribution in [0.4, 0.5) is 0 Å². The summed E-state index contributed by atoms with van der Waals surface area (Å²) in [5, 5.41) is 1.09. The second-order valence-corrected chi connectivity index (χ2v) is 5.40. The molecule has 1 atom stereocenters. The third-order valence-electron chi connectivity index (χ3n) is 3.18.